The summed E-state index contributed by atoms with van der Waals surface area (Å²) in [6, 6.07) is 6.24. The molecule has 0 amide bonds. The highest BCUT2D eigenvalue weighted by atomic mass is 16.5. The van der Waals surface area contributed by atoms with Crippen molar-refractivity contribution in [1.29, 1.82) is 15.8 Å². The lowest BCUT2D eigenvalue weighted by Gasteiger charge is -2.27. The van der Waals surface area contributed by atoms with Crippen molar-refractivity contribution >= 4 is 0 Å². The van der Waals surface area contributed by atoms with Gasteiger partial charge in [-0.05, 0) is 38.5 Å². The van der Waals surface area contributed by atoms with Gasteiger partial charge in [0.15, 0.2) is 0 Å². The normalized spacial score (nSPS) is 12.8. The fourth-order valence-corrected chi connectivity index (χ4v) is 2.27. The summed E-state index contributed by atoms with van der Waals surface area (Å²) >= 11 is 0. The van der Waals surface area contributed by atoms with Crippen LogP contribution in [0.5, 0.6) is 0 Å². The van der Waals surface area contributed by atoms with Gasteiger partial charge in [0.25, 0.3) is 0 Å². The van der Waals surface area contributed by atoms with Gasteiger partial charge in [-0.3, -0.25) is 0 Å². The van der Waals surface area contributed by atoms with Crippen LogP contribution in [-0.4, -0.2) is 37.1 Å². The van der Waals surface area contributed by atoms with Crippen molar-refractivity contribution in [3.63, 3.8) is 0 Å². The molecule has 0 aromatic carbocycles. The fraction of sp³-hybridized carbons (Fsp3) is 0.824. The molecule has 0 fully saturated rings. The summed E-state index contributed by atoms with van der Waals surface area (Å²) in [6.07, 6.45) is 5.63. The number of ether oxygens (including phenoxy) is 2. The van der Waals surface area contributed by atoms with Gasteiger partial charge in [0, 0.05) is 13.0 Å². The molecule has 23 heavy (non-hydrogen) atoms. The molecule has 6 nitrogen and oxygen atoms in total. The molecule has 0 spiro atoms. The van der Waals surface area contributed by atoms with E-state index < -0.39 is 0 Å². The van der Waals surface area contributed by atoms with Crippen LogP contribution in [0.3, 0.4) is 0 Å². The molecule has 0 radical (unpaired) electrons. The second kappa shape index (κ2) is 16.7. The van der Waals surface area contributed by atoms with Crippen molar-refractivity contribution in [3.8, 4) is 18.2 Å². The van der Waals surface area contributed by atoms with E-state index in [0.29, 0.717) is 38.9 Å². The van der Waals surface area contributed by atoms with Crippen LogP contribution >= 0.6 is 0 Å². The molecule has 0 aromatic rings. The Bertz CT molecular complexity index is 395. The Labute approximate surface area is 139 Å². The van der Waals surface area contributed by atoms with E-state index in [1.165, 1.54) is 0 Å². The summed E-state index contributed by atoms with van der Waals surface area (Å²) < 4.78 is 11.6. The number of aliphatic hydroxyl groups excluding tert-OH is 1. The Kier molecular flexibility index (Phi) is 15.5. The first kappa shape index (κ1) is 21.4. The molecular formula is C17H27N3O3. The second-order valence-electron chi connectivity index (χ2n) is 5.26. The minimum atomic E-state index is -0.143. The Morgan fingerprint density at radius 1 is 0.696 bits per heavy atom. The summed E-state index contributed by atoms with van der Waals surface area (Å²) in [7, 11) is 0. The monoisotopic (exact) mass is 321 g/mol. The summed E-state index contributed by atoms with van der Waals surface area (Å²) in [5.41, 5.74) is 0. The van der Waals surface area contributed by atoms with Crippen LogP contribution in [0.25, 0.3) is 0 Å². The van der Waals surface area contributed by atoms with E-state index >= 15 is 0 Å². The molecule has 0 heterocycles. The van der Waals surface area contributed by atoms with E-state index in [2.05, 4.69) is 18.2 Å². The number of hydrogen-bond donors (Lipinski definition) is 1. The Morgan fingerprint density at radius 2 is 1.17 bits per heavy atom. The van der Waals surface area contributed by atoms with Crippen LogP contribution in [0.1, 0.15) is 57.8 Å². The number of aliphatic hydroxyl groups is 1. The SMILES string of the molecule is N#CCCCCC(OCCC#N)C(CCCCO)OCCC#N. The maximum absolute atomic E-state index is 8.92. The van der Waals surface area contributed by atoms with Gasteiger partial charge < -0.3 is 14.6 Å². The van der Waals surface area contributed by atoms with Crippen LogP contribution in [0.2, 0.25) is 0 Å². The largest absolute Gasteiger partial charge is 0.396 e. The number of rotatable bonds is 15. The molecule has 128 valence electrons. The molecule has 0 bridgehead atoms. The van der Waals surface area contributed by atoms with Crippen LogP contribution in [0, 0.1) is 34.0 Å². The van der Waals surface area contributed by atoms with Crippen molar-refractivity contribution in [2.24, 2.45) is 0 Å². The molecule has 2 unspecified atom stereocenters. The maximum atomic E-state index is 8.92. The molecule has 0 aliphatic rings. The zero-order chi connectivity index (χ0) is 17.2. The van der Waals surface area contributed by atoms with E-state index in [4.69, 9.17) is 30.4 Å². The van der Waals surface area contributed by atoms with Crippen molar-refractivity contribution in [2.75, 3.05) is 19.8 Å². The number of unbranched alkanes of at least 4 members (excludes halogenated alkanes) is 3. The molecule has 6 heteroatoms. The van der Waals surface area contributed by atoms with Gasteiger partial charge in [0.05, 0.1) is 56.5 Å². The molecule has 2 atom stereocenters. The van der Waals surface area contributed by atoms with Gasteiger partial charge in [-0.15, -0.1) is 0 Å². The third-order valence-corrected chi connectivity index (χ3v) is 3.43. The van der Waals surface area contributed by atoms with Crippen LogP contribution in [0.4, 0.5) is 0 Å². The summed E-state index contributed by atoms with van der Waals surface area (Å²) in [5, 5.41) is 34.8. The van der Waals surface area contributed by atoms with Gasteiger partial charge in [0.1, 0.15) is 0 Å². The fourth-order valence-electron chi connectivity index (χ4n) is 2.27. The molecule has 0 aliphatic carbocycles. The van der Waals surface area contributed by atoms with E-state index in [-0.39, 0.29) is 18.8 Å². The maximum Gasteiger partial charge on any atom is 0.0837 e. The molecule has 0 aromatic heterocycles. The lowest BCUT2D eigenvalue weighted by molar-refractivity contribution is -0.0789. The summed E-state index contributed by atoms with van der Waals surface area (Å²) in [4.78, 5) is 0. The van der Waals surface area contributed by atoms with Crippen LogP contribution < -0.4 is 0 Å². The molecule has 0 aliphatic heterocycles. The molecule has 0 saturated heterocycles. The third-order valence-electron chi connectivity index (χ3n) is 3.43. The molecular weight excluding hydrogens is 294 g/mol. The van der Waals surface area contributed by atoms with Crippen LogP contribution in [0.15, 0.2) is 0 Å². The second-order valence-corrected chi connectivity index (χ2v) is 5.26. The molecule has 0 saturated carbocycles. The number of hydrogen-bond acceptors (Lipinski definition) is 6. The Balaban J connectivity index is 4.54. The highest BCUT2D eigenvalue weighted by Crippen LogP contribution is 2.19. The summed E-state index contributed by atoms with van der Waals surface area (Å²) in [6.45, 7) is 0.862. The predicted molar refractivity (Wildman–Crippen MR) is 85.0 cm³/mol. The van der Waals surface area contributed by atoms with Crippen molar-refractivity contribution < 1.29 is 14.6 Å². The van der Waals surface area contributed by atoms with Crippen molar-refractivity contribution in [1.82, 2.24) is 0 Å². The summed E-state index contributed by atoms with van der Waals surface area (Å²) in [5.74, 6) is 0. The Morgan fingerprint density at radius 3 is 1.61 bits per heavy atom. The first-order chi connectivity index (χ1) is 11.3. The minimum Gasteiger partial charge on any atom is -0.396 e. The standard InChI is InChI=1S/C17H27N3O3/c18-10-4-1-2-8-16(22-14-6-11-19)17(9-3-5-13-21)23-15-7-12-20/h16-17,21H,1-9,13-15H2. The average molecular weight is 321 g/mol. The topological polar surface area (TPSA) is 110 Å². The van der Waals surface area contributed by atoms with Crippen LogP contribution in [-0.2, 0) is 9.47 Å². The van der Waals surface area contributed by atoms with Gasteiger partial charge >= 0.3 is 0 Å². The first-order valence-electron chi connectivity index (χ1n) is 8.25. The lowest BCUT2D eigenvalue weighted by atomic mass is 10.0. The zero-order valence-corrected chi connectivity index (χ0v) is 13.7. The quantitative estimate of drug-likeness (QED) is 0.464. The predicted octanol–water partition coefficient (Wildman–Crippen LogP) is 2.83. The average Bonchev–Trinajstić information content (AvgIpc) is 2.56. The Hall–Kier alpha value is -1.65. The third kappa shape index (κ3) is 12.6. The van der Waals surface area contributed by atoms with Gasteiger partial charge in [-0.1, -0.05) is 0 Å². The highest BCUT2D eigenvalue weighted by Gasteiger charge is 2.22. The minimum absolute atomic E-state index is 0.139. The van der Waals surface area contributed by atoms with Gasteiger partial charge in [-0.2, -0.15) is 15.8 Å². The number of nitriles is 3. The molecule has 0 rings (SSSR count). The number of nitrogens with zero attached hydrogens (tertiary/aromatic N) is 3. The first-order valence-corrected chi connectivity index (χ1v) is 8.25. The van der Waals surface area contributed by atoms with E-state index in [1.54, 1.807) is 0 Å². The zero-order valence-electron chi connectivity index (χ0n) is 13.7. The smallest absolute Gasteiger partial charge is 0.0837 e. The van der Waals surface area contributed by atoms with E-state index in [9.17, 15) is 0 Å². The van der Waals surface area contributed by atoms with E-state index in [0.717, 1.165) is 32.1 Å². The molecule has 1 N–H and O–H groups in total. The van der Waals surface area contributed by atoms with Gasteiger partial charge in [-0.25, -0.2) is 0 Å². The highest BCUT2D eigenvalue weighted by molar-refractivity contribution is 4.77. The van der Waals surface area contributed by atoms with Gasteiger partial charge in [0.2, 0.25) is 0 Å². The van der Waals surface area contributed by atoms with Crippen molar-refractivity contribution in [2.45, 2.75) is 70.0 Å². The van der Waals surface area contributed by atoms with E-state index in [1.807, 2.05) is 0 Å². The lowest BCUT2D eigenvalue weighted by Crippen LogP contribution is -2.32. The van der Waals surface area contributed by atoms with Crippen molar-refractivity contribution in [3.05, 3.63) is 0 Å².